The second kappa shape index (κ2) is 6.76. The quantitative estimate of drug-likeness (QED) is 0.753. The van der Waals surface area contributed by atoms with Gasteiger partial charge in [-0.2, -0.15) is 0 Å². The molecule has 0 saturated carbocycles. The number of alkyl halides is 2. The molecule has 1 unspecified atom stereocenters. The second-order valence-electron chi connectivity index (χ2n) is 4.24. The minimum Gasteiger partial charge on any atom is -0.454 e. The number of nitrogens with zero attached hydrogens (tertiary/aromatic N) is 1. The van der Waals surface area contributed by atoms with Crippen molar-refractivity contribution in [2.24, 2.45) is 0 Å². The molecule has 0 N–H and O–H groups in total. The van der Waals surface area contributed by atoms with E-state index in [1.807, 2.05) is 0 Å². The second-order valence-corrected chi connectivity index (χ2v) is 4.62. The van der Waals surface area contributed by atoms with Gasteiger partial charge in [-0.3, -0.25) is 4.79 Å². The Kier molecular flexibility index (Phi) is 5.03. The maximum absolute atomic E-state index is 13.0. The number of hydrogen-bond donors (Lipinski definition) is 0. The fraction of sp³-hybridized carbons (Fsp3) is 0.462. The smallest absolute Gasteiger partial charge is 0.273 e. The number of amides is 1. The normalized spacial score (nSPS) is 14.2. The molecule has 1 atom stereocenters. The zero-order chi connectivity index (χ0) is 14.5. The van der Waals surface area contributed by atoms with Crippen LogP contribution < -0.4 is 9.47 Å². The summed E-state index contributed by atoms with van der Waals surface area (Å²) in [5.74, 6) is 0.495. The molecule has 1 aliphatic rings. The van der Waals surface area contributed by atoms with Crippen LogP contribution in [0.1, 0.15) is 5.56 Å². The van der Waals surface area contributed by atoms with Crippen LogP contribution in [0.2, 0.25) is 0 Å². The molecule has 110 valence electrons. The molecule has 1 aromatic carbocycles. The van der Waals surface area contributed by atoms with Gasteiger partial charge in [0.25, 0.3) is 11.5 Å². The van der Waals surface area contributed by atoms with E-state index in [-0.39, 0.29) is 19.9 Å². The molecular weight excluding hydrogens is 289 g/mol. The van der Waals surface area contributed by atoms with Gasteiger partial charge in [-0.05, 0) is 17.7 Å². The van der Waals surface area contributed by atoms with E-state index in [9.17, 15) is 9.18 Å². The molecular formula is C13H15ClFNO4. The molecule has 0 aromatic heterocycles. The van der Waals surface area contributed by atoms with Crippen LogP contribution in [0.4, 0.5) is 4.39 Å². The highest BCUT2D eigenvalue weighted by Crippen LogP contribution is 2.32. The van der Waals surface area contributed by atoms with Gasteiger partial charge in [0.15, 0.2) is 11.5 Å². The summed E-state index contributed by atoms with van der Waals surface area (Å²) in [5.41, 5.74) is -1.25. The average Bonchev–Trinajstić information content (AvgIpc) is 2.89. The number of rotatable bonds is 6. The first-order valence-electron chi connectivity index (χ1n) is 6.06. The zero-order valence-electron chi connectivity index (χ0n) is 11.0. The van der Waals surface area contributed by atoms with Crippen molar-refractivity contribution in [3.63, 3.8) is 0 Å². The van der Waals surface area contributed by atoms with Gasteiger partial charge in [0, 0.05) is 20.2 Å². The molecule has 1 heterocycles. The van der Waals surface area contributed by atoms with Crippen molar-refractivity contribution in [2.45, 2.75) is 12.2 Å². The van der Waals surface area contributed by atoms with Gasteiger partial charge < -0.3 is 19.1 Å². The molecule has 0 aliphatic carbocycles. The molecule has 7 heteroatoms. The van der Waals surface area contributed by atoms with Crippen molar-refractivity contribution in [1.82, 2.24) is 4.90 Å². The standard InChI is InChI=1S/C13H15ClFNO4/c1-18-5-4-16(13(17)12(14)15)7-9-2-3-10-11(6-9)20-8-19-10/h2-3,6,12H,4-5,7-8H2,1H3. The first-order chi connectivity index (χ1) is 9.61. The predicted octanol–water partition coefficient (Wildman–Crippen LogP) is 1.92. The lowest BCUT2D eigenvalue weighted by Crippen LogP contribution is -2.37. The van der Waals surface area contributed by atoms with E-state index < -0.39 is 11.5 Å². The van der Waals surface area contributed by atoms with Crippen LogP contribution in [0.25, 0.3) is 0 Å². The topological polar surface area (TPSA) is 48.0 Å². The number of fused-ring (bicyclic) bond motifs is 1. The molecule has 1 amide bonds. The van der Waals surface area contributed by atoms with E-state index >= 15 is 0 Å². The number of carbonyl (C=O) groups excluding carboxylic acids is 1. The number of halogens is 2. The largest absolute Gasteiger partial charge is 0.454 e. The SMILES string of the molecule is COCCN(Cc1ccc2c(c1)OCO2)C(=O)C(F)Cl. The van der Waals surface area contributed by atoms with Gasteiger partial charge in [-0.25, -0.2) is 4.39 Å². The third-order valence-electron chi connectivity index (χ3n) is 2.87. The zero-order valence-corrected chi connectivity index (χ0v) is 11.7. The van der Waals surface area contributed by atoms with Crippen LogP contribution >= 0.6 is 11.6 Å². The van der Waals surface area contributed by atoms with Crippen molar-refractivity contribution >= 4 is 17.5 Å². The predicted molar refractivity (Wildman–Crippen MR) is 70.6 cm³/mol. The maximum atomic E-state index is 13.0. The summed E-state index contributed by atoms with van der Waals surface area (Å²) < 4.78 is 28.4. The summed E-state index contributed by atoms with van der Waals surface area (Å²) in [7, 11) is 1.51. The molecule has 5 nitrogen and oxygen atoms in total. The lowest BCUT2D eigenvalue weighted by atomic mass is 10.2. The van der Waals surface area contributed by atoms with E-state index in [1.165, 1.54) is 12.0 Å². The number of methoxy groups -OCH3 is 1. The first-order valence-corrected chi connectivity index (χ1v) is 6.50. The van der Waals surface area contributed by atoms with Crippen molar-refractivity contribution < 1.29 is 23.4 Å². The third kappa shape index (κ3) is 3.52. The van der Waals surface area contributed by atoms with Gasteiger partial charge in [-0.15, -0.1) is 0 Å². The van der Waals surface area contributed by atoms with Gasteiger partial charge in [0.05, 0.1) is 6.61 Å². The highest BCUT2D eigenvalue weighted by atomic mass is 35.5. The highest BCUT2D eigenvalue weighted by Gasteiger charge is 2.22. The molecule has 20 heavy (non-hydrogen) atoms. The van der Waals surface area contributed by atoms with Crippen molar-refractivity contribution in [3.8, 4) is 11.5 Å². The van der Waals surface area contributed by atoms with Crippen molar-refractivity contribution in [2.75, 3.05) is 27.1 Å². The Bertz CT molecular complexity index is 483. The average molecular weight is 304 g/mol. The molecule has 1 aliphatic heterocycles. The fourth-order valence-electron chi connectivity index (χ4n) is 1.87. The van der Waals surface area contributed by atoms with Crippen molar-refractivity contribution in [1.29, 1.82) is 0 Å². The van der Waals surface area contributed by atoms with Crippen molar-refractivity contribution in [3.05, 3.63) is 23.8 Å². The lowest BCUT2D eigenvalue weighted by Gasteiger charge is -2.22. The lowest BCUT2D eigenvalue weighted by molar-refractivity contribution is -0.135. The highest BCUT2D eigenvalue weighted by molar-refractivity contribution is 6.29. The first kappa shape index (κ1) is 14.9. The molecule has 0 saturated heterocycles. The summed E-state index contributed by atoms with van der Waals surface area (Å²) in [6.07, 6.45) is 0. The van der Waals surface area contributed by atoms with Crippen LogP contribution in [0, 0.1) is 0 Å². The minimum atomic E-state index is -2.05. The molecule has 0 fully saturated rings. The van der Waals surface area contributed by atoms with E-state index in [0.29, 0.717) is 18.1 Å². The Labute approximate surface area is 121 Å². The number of carbonyl (C=O) groups is 1. The van der Waals surface area contributed by atoms with Crippen LogP contribution in [-0.4, -0.2) is 43.5 Å². The monoisotopic (exact) mass is 303 g/mol. The summed E-state index contributed by atoms with van der Waals surface area (Å²) in [6.45, 7) is 0.974. The van der Waals surface area contributed by atoms with E-state index in [0.717, 1.165) is 5.56 Å². The third-order valence-corrected chi connectivity index (χ3v) is 3.06. The number of hydrogen-bond acceptors (Lipinski definition) is 4. The van der Waals surface area contributed by atoms with E-state index in [2.05, 4.69) is 0 Å². The van der Waals surface area contributed by atoms with Crippen LogP contribution in [-0.2, 0) is 16.1 Å². The Morgan fingerprint density at radius 2 is 2.25 bits per heavy atom. The minimum absolute atomic E-state index is 0.180. The van der Waals surface area contributed by atoms with Gasteiger partial charge in [-0.1, -0.05) is 17.7 Å². The Hall–Kier alpha value is -1.53. The Morgan fingerprint density at radius 1 is 1.50 bits per heavy atom. The molecule has 0 bridgehead atoms. The van der Waals surface area contributed by atoms with Crippen LogP contribution in [0.15, 0.2) is 18.2 Å². The van der Waals surface area contributed by atoms with Gasteiger partial charge in [0.2, 0.25) is 6.79 Å². The summed E-state index contributed by atoms with van der Waals surface area (Å²) >= 11 is 5.22. The maximum Gasteiger partial charge on any atom is 0.273 e. The summed E-state index contributed by atoms with van der Waals surface area (Å²) in [6, 6.07) is 5.31. The van der Waals surface area contributed by atoms with Gasteiger partial charge >= 0.3 is 0 Å². The molecule has 0 spiro atoms. The summed E-state index contributed by atoms with van der Waals surface area (Å²) in [5, 5.41) is 0. The Morgan fingerprint density at radius 3 is 2.95 bits per heavy atom. The van der Waals surface area contributed by atoms with Gasteiger partial charge in [0.1, 0.15) is 0 Å². The molecule has 2 rings (SSSR count). The number of ether oxygens (including phenoxy) is 3. The van der Waals surface area contributed by atoms with Crippen LogP contribution in [0.3, 0.4) is 0 Å². The summed E-state index contributed by atoms with van der Waals surface area (Å²) in [4.78, 5) is 13.0. The fourth-order valence-corrected chi connectivity index (χ4v) is 2.00. The van der Waals surface area contributed by atoms with Crippen LogP contribution in [0.5, 0.6) is 11.5 Å². The number of benzene rings is 1. The molecule has 0 radical (unpaired) electrons. The van der Waals surface area contributed by atoms with E-state index in [4.69, 9.17) is 25.8 Å². The molecule has 1 aromatic rings. The van der Waals surface area contributed by atoms with E-state index in [1.54, 1.807) is 18.2 Å². The Balaban J connectivity index is 2.08.